The zero-order valence-corrected chi connectivity index (χ0v) is 11.0. The third kappa shape index (κ3) is 3.07. The molecular formula is C13H10BrNO3. The van der Waals surface area contributed by atoms with Gasteiger partial charge in [0.25, 0.3) is 5.69 Å². The molecule has 0 aliphatic rings. The predicted molar refractivity (Wildman–Crippen MR) is 71.6 cm³/mol. The van der Waals surface area contributed by atoms with Crippen LogP contribution in [0.1, 0.15) is 5.56 Å². The minimum atomic E-state index is -0.424. The largest absolute Gasteiger partial charge is 0.489 e. The molecule has 0 fully saturated rings. The van der Waals surface area contributed by atoms with Gasteiger partial charge in [0.15, 0.2) is 0 Å². The fourth-order valence-corrected chi connectivity index (χ4v) is 1.93. The standard InChI is InChI=1S/C13H10BrNO3/c14-13-8-11(15(16)17)7-6-10(13)9-18-12-4-2-1-3-5-12/h1-8H,9H2. The van der Waals surface area contributed by atoms with E-state index in [-0.39, 0.29) is 5.69 Å². The van der Waals surface area contributed by atoms with Crippen molar-refractivity contribution in [3.05, 3.63) is 68.7 Å². The molecule has 0 aromatic heterocycles. The first kappa shape index (κ1) is 12.6. The third-order valence-corrected chi connectivity index (χ3v) is 3.12. The molecule has 92 valence electrons. The van der Waals surface area contributed by atoms with Gasteiger partial charge in [0, 0.05) is 22.2 Å². The molecule has 0 unspecified atom stereocenters. The van der Waals surface area contributed by atoms with E-state index in [1.807, 2.05) is 30.3 Å². The van der Waals surface area contributed by atoms with Gasteiger partial charge in [0.1, 0.15) is 12.4 Å². The van der Waals surface area contributed by atoms with E-state index in [2.05, 4.69) is 15.9 Å². The maximum atomic E-state index is 10.6. The molecule has 0 atom stereocenters. The summed E-state index contributed by atoms with van der Waals surface area (Å²) in [6.45, 7) is 0.364. The van der Waals surface area contributed by atoms with E-state index in [4.69, 9.17) is 4.74 Å². The summed E-state index contributed by atoms with van der Waals surface area (Å²) in [5.41, 5.74) is 0.926. The van der Waals surface area contributed by atoms with Crippen LogP contribution in [0.25, 0.3) is 0 Å². The van der Waals surface area contributed by atoms with E-state index in [0.717, 1.165) is 11.3 Å². The smallest absolute Gasteiger partial charge is 0.270 e. The highest BCUT2D eigenvalue weighted by Gasteiger charge is 2.09. The molecule has 0 radical (unpaired) electrons. The summed E-state index contributed by atoms with van der Waals surface area (Å²) in [5.74, 6) is 0.766. The summed E-state index contributed by atoms with van der Waals surface area (Å²) in [5, 5.41) is 10.6. The molecule has 0 aliphatic carbocycles. The van der Waals surface area contributed by atoms with Gasteiger partial charge in [0.05, 0.1) is 4.92 Å². The van der Waals surface area contributed by atoms with Crippen LogP contribution >= 0.6 is 15.9 Å². The molecule has 18 heavy (non-hydrogen) atoms. The Hall–Kier alpha value is -1.88. The third-order valence-electron chi connectivity index (χ3n) is 2.39. The maximum absolute atomic E-state index is 10.6. The molecule has 0 spiro atoms. The van der Waals surface area contributed by atoms with Crippen molar-refractivity contribution in [1.29, 1.82) is 0 Å². The highest BCUT2D eigenvalue weighted by Crippen LogP contribution is 2.24. The summed E-state index contributed by atoms with van der Waals surface area (Å²) >= 11 is 3.30. The molecular weight excluding hydrogens is 298 g/mol. The number of non-ortho nitro benzene ring substituents is 1. The first-order chi connectivity index (χ1) is 8.66. The van der Waals surface area contributed by atoms with Gasteiger partial charge in [0.2, 0.25) is 0 Å². The summed E-state index contributed by atoms with van der Waals surface area (Å²) < 4.78 is 6.25. The van der Waals surface area contributed by atoms with Crippen molar-refractivity contribution in [2.24, 2.45) is 0 Å². The molecule has 0 saturated carbocycles. The van der Waals surface area contributed by atoms with Crippen LogP contribution in [0.3, 0.4) is 0 Å². The quantitative estimate of drug-likeness (QED) is 0.635. The first-order valence-electron chi connectivity index (χ1n) is 5.27. The molecule has 5 heteroatoms. The van der Waals surface area contributed by atoms with Crippen LogP contribution < -0.4 is 4.74 Å². The minimum Gasteiger partial charge on any atom is -0.489 e. The molecule has 0 saturated heterocycles. The average molecular weight is 308 g/mol. The van der Waals surface area contributed by atoms with Crippen LogP contribution in [0.5, 0.6) is 5.75 Å². The number of nitro benzene ring substituents is 1. The molecule has 4 nitrogen and oxygen atoms in total. The lowest BCUT2D eigenvalue weighted by Crippen LogP contribution is -1.97. The van der Waals surface area contributed by atoms with Gasteiger partial charge in [-0.3, -0.25) is 10.1 Å². The number of nitrogens with zero attached hydrogens (tertiary/aromatic N) is 1. The summed E-state index contributed by atoms with van der Waals surface area (Å²) in [6, 6.07) is 14.0. The van der Waals surface area contributed by atoms with E-state index in [0.29, 0.717) is 11.1 Å². The lowest BCUT2D eigenvalue weighted by molar-refractivity contribution is -0.384. The number of hydrogen-bond donors (Lipinski definition) is 0. The Labute approximate surface area is 112 Å². The number of nitro groups is 1. The number of hydrogen-bond acceptors (Lipinski definition) is 3. The lowest BCUT2D eigenvalue weighted by Gasteiger charge is -2.07. The van der Waals surface area contributed by atoms with Crippen molar-refractivity contribution in [3.8, 4) is 5.75 Å². The second-order valence-corrected chi connectivity index (χ2v) is 4.49. The number of halogens is 1. The Kier molecular flexibility index (Phi) is 3.94. The van der Waals surface area contributed by atoms with Gasteiger partial charge in [-0.05, 0) is 18.2 Å². The molecule has 0 amide bonds. The van der Waals surface area contributed by atoms with Gasteiger partial charge in [-0.25, -0.2) is 0 Å². The van der Waals surface area contributed by atoms with Crippen molar-refractivity contribution in [2.75, 3.05) is 0 Å². The lowest BCUT2D eigenvalue weighted by atomic mass is 10.2. The van der Waals surface area contributed by atoms with E-state index in [1.54, 1.807) is 6.07 Å². The van der Waals surface area contributed by atoms with Crippen molar-refractivity contribution < 1.29 is 9.66 Å². The van der Waals surface area contributed by atoms with E-state index in [9.17, 15) is 10.1 Å². The molecule has 2 aromatic carbocycles. The first-order valence-corrected chi connectivity index (χ1v) is 6.07. The molecule has 0 N–H and O–H groups in total. The van der Waals surface area contributed by atoms with Crippen LogP contribution in [0, 0.1) is 10.1 Å². The van der Waals surface area contributed by atoms with Crippen LogP contribution in [0.15, 0.2) is 53.0 Å². The minimum absolute atomic E-state index is 0.0605. The fraction of sp³-hybridized carbons (Fsp3) is 0.0769. The number of para-hydroxylation sites is 1. The van der Waals surface area contributed by atoms with E-state index >= 15 is 0 Å². The number of ether oxygens (including phenoxy) is 1. The van der Waals surface area contributed by atoms with Gasteiger partial charge in [-0.2, -0.15) is 0 Å². The zero-order chi connectivity index (χ0) is 13.0. The Morgan fingerprint density at radius 3 is 2.50 bits per heavy atom. The van der Waals surface area contributed by atoms with Crippen molar-refractivity contribution in [2.45, 2.75) is 6.61 Å². The second-order valence-electron chi connectivity index (χ2n) is 3.63. The Morgan fingerprint density at radius 1 is 1.17 bits per heavy atom. The van der Waals surface area contributed by atoms with Gasteiger partial charge in [-0.1, -0.05) is 34.1 Å². The summed E-state index contributed by atoms with van der Waals surface area (Å²) in [4.78, 5) is 10.2. The second kappa shape index (κ2) is 5.64. The van der Waals surface area contributed by atoms with Crippen molar-refractivity contribution >= 4 is 21.6 Å². The van der Waals surface area contributed by atoms with Crippen LogP contribution in [0.4, 0.5) is 5.69 Å². The number of benzene rings is 2. The Morgan fingerprint density at radius 2 is 1.89 bits per heavy atom. The maximum Gasteiger partial charge on any atom is 0.270 e. The van der Waals surface area contributed by atoms with Gasteiger partial charge in [-0.15, -0.1) is 0 Å². The number of rotatable bonds is 4. The molecule has 0 heterocycles. The monoisotopic (exact) mass is 307 g/mol. The highest BCUT2D eigenvalue weighted by atomic mass is 79.9. The average Bonchev–Trinajstić information content (AvgIpc) is 2.38. The predicted octanol–water partition coefficient (Wildman–Crippen LogP) is 3.94. The van der Waals surface area contributed by atoms with Gasteiger partial charge >= 0.3 is 0 Å². The van der Waals surface area contributed by atoms with Gasteiger partial charge < -0.3 is 4.74 Å². The molecule has 2 aromatic rings. The molecule has 0 aliphatic heterocycles. The van der Waals surface area contributed by atoms with Crippen LogP contribution in [-0.2, 0) is 6.61 Å². The van der Waals surface area contributed by atoms with Crippen LogP contribution in [0.2, 0.25) is 0 Å². The molecule has 0 bridgehead atoms. The Bertz CT molecular complexity index is 557. The van der Waals surface area contributed by atoms with Crippen LogP contribution in [-0.4, -0.2) is 4.92 Å². The fourth-order valence-electron chi connectivity index (χ4n) is 1.44. The highest BCUT2D eigenvalue weighted by molar-refractivity contribution is 9.10. The topological polar surface area (TPSA) is 52.4 Å². The van der Waals surface area contributed by atoms with E-state index in [1.165, 1.54) is 12.1 Å². The van der Waals surface area contributed by atoms with Crippen molar-refractivity contribution in [3.63, 3.8) is 0 Å². The SMILES string of the molecule is O=[N+]([O-])c1ccc(COc2ccccc2)c(Br)c1. The molecule has 2 rings (SSSR count). The zero-order valence-electron chi connectivity index (χ0n) is 9.38. The Balaban J connectivity index is 2.08. The normalized spacial score (nSPS) is 10.1. The summed E-state index contributed by atoms with van der Waals surface area (Å²) in [6.07, 6.45) is 0. The summed E-state index contributed by atoms with van der Waals surface area (Å²) in [7, 11) is 0. The van der Waals surface area contributed by atoms with E-state index < -0.39 is 4.92 Å². The van der Waals surface area contributed by atoms with Crippen molar-refractivity contribution in [1.82, 2.24) is 0 Å².